The first-order valence-corrected chi connectivity index (χ1v) is 11.2. The van der Waals surface area contributed by atoms with E-state index in [1.165, 1.54) is 4.90 Å². The van der Waals surface area contributed by atoms with Crippen molar-refractivity contribution in [3.8, 4) is 0 Å². The average molecular weight is 436 g/mol. The largest absolute Gasteiger partial charge is 0.401 e. The molecule has 0 amide bonds. The topological polar surface area (TPSA) is 85.8 Å². The van der Waals surface area contributed by atoms with Crippen LogP contribution >= 0.6 is 0 Å². The summed E-state index contributed by atoms with van der Waals surface area (Å²) in [7, 11) is -3.49. The average Bonchev–Trinajstić information content (AvgIpc) is 3.06. The lowest BCUT2D eigenvalue weighted by molar-refractivity contribution is -0.143. The minimum atomic E-state index is -4.21. The molecule has 0 aromatic heterocycles. The Balaban J connectivity index is 1.81. The van der Waals surface area contributed by atoms with Crippen LogP contribution in [0.5, 0.6) is 0 Å². The monoisotopic (exact) mass is 435 g/mol. The Kier molecular flexibility index (Phi) is 8.72. The van der Waals surface area contributed by atoms with Gasteiger partial charge in [0.25, 0.3) is 0 Å². The van der Waals surface area contributed by atoms with Gasteiger partial charge in [-0.15, -0.1) is 0 Å². The number of sulfonamides is 1. The van der Waals surface area contributed by atoms with Crippen LogP contribution in [0.2, 0.25) is 0 Å². The molecular weight excluding hydrogens is 407 g/mol. The third-order valence-corrected chi connectivity index (χ3v) is 5.63. The number of nitrogens with zero attached hydrogens (tertiary/aromatic N) is 2. The molecule has 1 aromatic rings. The van der Waals surface area contributed by atoms with E-state index >= 15 is 0 Å². The van der Waals surface area contributed by atoms with Crippen molar-refractivity contribution in [3.63, 3.8) is 0 Å². The third kappa shape index (κ3) is 9.46. The number of guanidine groups is 1. The number of halogens is 3. The van der Waals surface area contributed by atoms with Crippen LogP contribution in [0.1, 0.15) is 18.9 Å². The lowest BCUT2D eigenvalue weighted by atomic mass is 10.2. The number of rotatable bonds is 9. The van der Waals surface area contributed by atoms with E-state index in [0.717, 1.165) is 5.56 Å². The second-order valence-corrected chi connectivity index (χ2v) is 8.79. The van der Waals surface area contributed by atoms with Gasteiger partial charge in [0.1, 0.15) is 0 Å². The van der Waals surface area contributed by atoms with Crippen molar-refractivity contribution >= 4 is 16.0 Å². The fraction of sp³-hybridized carbons (Fsp3) is 0.611. The molecule has 11 heteroatoms. The van der Waals surface area contributed by atoms with Crippen molar-refractivity contribution in [3.05, 3.63) is 35.9 Å². The molecule has 3 N–H and O–H groups in total. The minimum absolute atomic E-state index is 0.0401. The van der Waals surface area contributed by atoms with E-state index in [0.29, 0.717) is 25.5 Å². The molecule has 2 rings (SSSR count). The van der Waals surface area contributed by atoms with Gasteiger partial charge in [0.15, 0.2) is 5.96 Å². The van der Waals surface area contributed by atoms with Gasteiger partial charge in [0.2, 0.25) is 10.0 Å². The number of aliphatic imine (C=N–C) groups is 1. The van der Waals surface area contributed by atoms with Crippen LogP contribution in [0.3, 0.4) is 0 Å². The second-order valence-electron chi connectivity index (χ2n) is 6.87. The van der Waals surface area contributed by atoms with E-state index in [2.05, 4.69) is 20.3 Å². The first kappa shape index (κ1) is 23.4. The molecule has 0 spiro atoms. The van der Waals surface area contributed by atoms with Crippen LogP contribution in [-0.2, 0) is 16.6 Å². The van der Waals surface area contributed by atoms with Gasteiger partial charge < -0.3 is 10.6 Å². The molecule has 7 nitrogen and oxygen atoms in total. The maximum absolute atomic E-state index is 12.5. The lowest BCUT2D eigenvalue weighted by Crippen LogP contribution is -2.45. The van der Waals surface area contributed by atoms with Crippen molar-refractivity contribution in [2.75, 3.05) is 38.5 Å². The lowest BCUT2D eigenvalue weighted by Gasteiger charge is -2.19. The molecule has 0 saturated carbocycles. The highest BCUT2D eigenvalue weighted by atomic mass is 32.2. The smallest absolute Gasteiger partial charge is 0.357 e. The molecule has 1 fully saturated rings. The fourth-order valence-corrected chi connectivity index (χ4v) is 3.86. The first-order chi connectivity index (χ1) is 13.7. The Bertz CT molecular complexity index is 757. The van der Waals surface area contributed by atoms with Crippen molar-refractivity contribution < 1.29 is 21.6 Å². The summed E-state index contributed by atoms with van der Waals surface area (Å²) in [5.74, 6) is 0.228. The van der Waals surface area contributed by atoms with E-state index in [1.54, 1.807) is 0 Å². The second kappa shape index (κ2) is 10.8. The SMILES string of the molecule is CCNC(=NCCS(=O)(=O)NCc1ccccc1)NC1CCN(CC(F)(F)F)C1. The highest BCUT2D eigenvalue weighted by molar-refractivity contribution is 7.89. The van der Waals surface area contributed by atoms with Crippen LogP contribution in [-0.4, -0.2) is 70.0 Å². The Morgan fingerprint density at radius 1 is 1.28 bits per heavy atom. The highest BCUT2D eigenvalue weighted by Crippen LogP contribution is 2.19. The van der Waals surface area contributed by atoms with Crippen LogP contribution in [0, 0.1) is 0 Å². The molecule has 1 unspecified atom stereocenters. The summed E-state index contributed by atoms with van der Waals surface area (Å²) < 4.78 is 64.3. The van der Waals surface area contributed by atoms with Gasteiger partial charge in [-0.3, -0.25) is 9.89 Å². The molecule has 1 aromatic carbocycles. The van der Waals surface area contributed by atoms with Gasteiger partial charge in [-0.25, -0.2) is 13.1 Å². The molecule has 29 heavy (non-hydrogen) atoms. The standard InChI is InChI=1S/C18H28F3N5O2S/c1-2-22-17(25-16-8-10-26(13-16)14-18(19,20)21)23-9-11-29(27,28)24-12-15-6-4-3-5-7-15/h3-7,16,24H,2,8-14H2,1H3,(H2,22,23,25). The zero-order valence-corrected chi connectivity index (χ0v) is 17.2. The number of benzene rings is 1. The third-order valence-electron chi connectivity index (χ3n) is 4.33. The number of hydrogen-bond donors (Lipinski definition) is 3. The maximum atomic E-state index is 12.5. The summed E-state index contributed by atoms with van der Waals surface area (Å²) in [4.78, 5) is 5.60. The summed E-state index contributed by atoms with van der Waals surface area (Å²) in [6.45, 7) is 2.37. The van der Waals surface area contributed by atoms with E-state index in [1.807, 2.05) is 37.3 Å². The van der Waals surface area contributed by atoms with Gasteiger partial charge in [-0.05, 0) is 18.9 Å². The van der Waals surface area contributed by atoms with E-state index in [4.69, 9.17) is 0 Å². The maximum Gasteiger partial charge on any atom is 0.401 e. The predicted molar refractivity (Wildman–Crippen MR) is 107 cm³/mol. The fourth-order valence-electron chi connectivity index (χ4n) is 3.00. The van der Waals surface area contributed by atoms with E-state index < -0.39 is 22.7 Å². The van der Waals surface area contributed by atoms with Crippen LogP contribution in [0.15, 0.2) is 35.3 Å². The molecule has 0 radical (unpaired) electrons. The molecule has 1 aliphatic heterocycles. The van der Waals surface area contributed by atoms with E-state index in [-0.39, 0.29) is 31.4 Å². The Morgan fingerprint density at radius 3 is 2.66 bits per heavy atom. The molecule has 164 valence electrons. The number of alkyl halides is 3. The summed E-state index contributed by atoms with van der Waals surface area (Å²) >= 11 is 0. The molecule has 1 saturated heterocycles. The molecular formula is C18H28F3N5O2S. The molecule has 1 aliphatic rings. The summed E-state index contributed by atoms with van der Waals surface area (Å²) in [6.07, 6.45) is -3.65. The molecule has 1 heterocycles. The number of nitrogens with one attached hydrogen (secondary N) is 3. The Morgan fingerprint density at radius 2 is 2.00 bits per heavy atom. The van der Waals surface area contributed by atoms with Gasteiger partial charge in [-0.2, -0.15) is 13.2 Å². The Hall–Kier alpha value is -1.85. The summed E-state index contributed by atoms with van der Waals surface area (Å²) in [5, 5.41) is 6.09. The quantitative estimate of drug-likeness (QED) is 0.402. The van der Waals surface area contributed by atoms with Crippen molar-refractivity contribution in [2.24, 2.45) is 4.99 Å². The van der Waals surface area contributed by atoms with Gasteiger partial charge >= 0.3 is 6.18 Å². The van der Waals surface area contributed by atoms with Gasteiger partial charge in [-0.1, -0.05) is 30.3 Å². The van der Waals surface area contributed by atoms with Crippen LogP contribution in [0.4, 0.5) is 13.2 Å². The first-order valence-electron chi connectivity index (χ1n) is 9.52. The summed E-state index contributed by atoms with van der Waals surface area (Å²) in [6, 6.07) is 9.02. The van der Waals surface area contributed by atoms with Crippen molar-refractivity contribution in [2.45, 2.75) is 32.1 Å². The van der Waals surface area contributed by atoms with Crippen molar-refractivity contribution in [1.29, 1.82) is 0 Å². The van der Waals surface area contributed by atoms with Crippen molar-refractivity contribution in [1.82, 2.24) is 20.3 Å². The minimum Gasteiger partial charge on any atom is -0.357 e. The predicted octanol–water partition coefficient (Wildman–Crippen LogP) is 1.30. The molecule has 0 aliphatic carbocycles. The van der Waals surface area contributed by atoms with E-state index in [9.17, 15) is 21.6 Å². The number of hydrogen-bond acceptors (Lipinski definition) is 4. The Labute approximate surface area is 169 Å². The number of likely N-dealkylation sites (tertiary alicyclic amines) is 1. The van der Waals surface area contributed by atoms with Crippen LogP contribution in [0.25, 0.3) is 0 Å². The zero-order chi connectivity index (χ0) is 21.3. The van der Waals surface area contributed by atoms with Gasteiger partial charge in [0.05, 0.1) is 18.8 Å². The van der Waals surface area contributed by atoms with Crippen LogP contribution < -0.4 is 15.4 Å². The zero-order valence-electron chi connectivity index (χ0n) is 16.4. The molecule has 0 bridgehead atoms. The van der Waals surface area contributed by atoms with Gasteiger partial charge in [0, 0.05) is 32.2 Å². The summed E-state index contributed by atoms with van der Waals surface area (Å²) in [5.41, 5.74) is 0.860. The normalized spacial score (nSPS) is 18.8. The highest BCUT2D eigenvalue weighted by Gasteiger charge is 2.34. The molecule has 1 atom stereocenters.